The average molecular weight is 499 g/mol. The van der Waals surface area contributed by atoms with Crippen LogP contribution in [0.1, 0.15) is 25.0 Å². The summed E-state index contributed by atoms with van der Waals surface area (Å²) in [6.07, 6.45) is 2.18. The molecule has 0 radical (unpaired) electrons. The van der Waals surface area contributed by atoms with E-state index in [1.807, 2.05) is 12.1 Å². The molecule has 2 heterocycles. The molecule has 1 aromatic heterocycles. The van der Waals surface area contributed by atoms with Crippen LogP contribution in [-0.2, 0) is 24.3 Å². The molecule has 0 bridgehead atoms. The number of phenolic OH excluding ortho intramolecular Hbond substituents is 1. The van der Waals surface area contributed by atoms with Crippen LogP contribution in [0.15, 0.2) is 53.6 Å². The molecule has 4 rings (SSSR count). The van der Waals surface area contributed by atoms with E-state index in [0.717, 1.165) is 30.8 Å². The fourth-order valence-corrected chi connectivity index (χ4v) is 4.75. The van der Waals surface area contributed by atoms with Crippen molar-refractivity contribution < 1.29 is 14.0 Å². The van der Waals surface area contributed by atoms with Gasteiger partial charge in [-0.3, -0.25) is 4.90 Å². The molecule has 8 nitrogen and oxygen atoms in total. The van der Waals surface area contributed by atoms with Crippen molar-refractivity contribution in [2.24, 2.45) is 5.14 Å². The molecule has 186 valence electrons. The third-order valence-corrected chi connectivity index (χ3v) is 6.94. The SMILES string of the molecule is C[C@H]1CN(Cc2ccc(F)c(-c3ccnc(NCCc4ccc(O)c([S+](N)[O-])c4)n3)c2)[C@@H](C)CN1. The number of hydrogen-bond acceptors (Lipinski definition) is 8. The Labute approximate surface area is 208 Å². The highest BCUT2D eigenvalue weighted by Gasteiger charge is 2.22. The number of benzene rings is 2. The van der Waals surface area contributed by atoms with E-state index < -0.39 is 11.4 Å². The van der Waals surface area contributed by atoms with Crippen molar-refractivity contribution in [3.63, 3.8) is 0 Å². The highest BCUT2D eigenvalue weighted by molar-refractivity contribution is 7.89. The highest BCUT2D eigenvalue weighted by atomic mass is 32.2. The summed E-state index contributed by atoms with van der Waals surface area (Å²) in [4.78, 5) is 11.4. The van der Waals surface area contributed by atoms with Crippen LogP contribution < -0.4 is 15.8 Å². The molecule has 1 aliphatic heterocycles. The Morgan fingerprint density at radius 1 is 1.23 bits per heavy atom. The van der Waals surface area contributed by atoms with Crippen LogP contribution in [0.4, 0.5) is 10.3 Å². The van der Waals surface area contributed by atoms with E-state index in [1.54, 1.807) is 24.4 Å². The van der Waals surface area contributed by atoms with Gasteiger partial charge >= 0.3 is 0 Å². The van der Waals surface area contributed by atoms with Gasteiger partial charge in [0.2, 0.25) is 10.8 Å². The first-order valence-electron chi connectivity index (χ1n) is 11.6. The molecule has 3 aromatic rings. The minimum absolute atomic E-state index is 0.0937. The Balaban J connectivity index is 1.44. The molecule has 5 N–H and O–H groups in total. The minimum atomic E-state index is -1.76. The molecule has 1 saturated heterocycles. The lowest BCUT2D eigenvalue weighted by Gasteiger charge is -2.37. The number of nitrogens with one attached hydrogen (secondary N) is 2. The zero-order chi connectivity index (χ0) is 24.9. The monoisotopic (exact) mass is 498 g/mol. The van der Waals surface area contributed by atoms with Crippen LogP contribution in [-0.4, -0.2) is 56.2 Å². The third-order valence-electron chi connectivity index (χ3n) is 6.18. The summed E-state index contributed by atoms with van der Waals surface area (Å²) < 4.78 is 26.3. The van der Waals surface area contributed by atoms with Gasteiger partial charge in [0.05, 0.1) is 17.1 Å². The number of piperazine rings is 1. The maximum atomic E-state index is 14.8. The number of aromatic nitrogens is 2. The molecule has 0 amide bonds. The largest absolute Gasteiger partial charge is 0.593 e. The normalized spacial score (nSPS) is 19.5. The number of phenols is 1. The molecule has 0 aliphatic carbocycles. The van der Waals surface area contributed by atoms with E-state index in [0.29, 0.717) is 42.3 Å². The van der Waals surface area contributed by atoms with Gasteiger partial charge in [0.15, 0.2) is 5.75 Å². The minimum Gasteiger partial charge on any atom is -0.593 e. The Kier molecular flexibility index (Phi) is 8.19. The van der Waals surface area contributed by atoms with Crippen LogP contribution >= 0.6 is 0 Å². The molecule has 1 fully saturated rings. The highest BCUT2D eigenvalue weighted by Crippen LogP contribution is 2.25. The number of anilines is 1. The predicted molar refractivity (Wildman–Crippen MR) is 136 cm³/mol. The van der Waals surface area contributed by atoms with Crippen LogP contribution in [0.25, 0.3) is 11.3 Å². The summed E-state index contributed by atoms with van der Waals surface area (Å²) >= 11 is -1.76. The second kappa shape index (κ2) is 11.3. The summed E-state index contributed by atoms with van der Waals surface area (Å²) in [5.41, 5.74) is 2.85. The first-order chi connectivity index (χ1) is 16.8. The molecule has 3 atom stereocenters. The fraction of sp³-hybridized carbons (Fsp3) is 0.360. The van der Waals surface area contributed by atoms with Gasteiger partial charge in [-0.15, -0.1) is 5.14 Å². The average Bonchev–Trinajstić information content (AvgIpc) is 2.83. The molecule has 1 aliphatic rings. The first-order valence-corrected chi connectivity index (χ1v) is 12.8. The number of nitrogens with zero attached hydrogens (tertiary/aromatic N) is 3. The van der Waals surface area contributed by atoms with Crippen molar-refractivity contribution in [3.8, 4) is 17.0 Å². The smallest absolute Gasteiger partial charge is 0.223 e. The molecule has 0 spiro atoms. The topological polar surface area (TPSA) is 122 Å². The molecular formula is C25H31FN6O2S. The summed E-state index contributed by atoms with van der Waals surface area (Å²) in [6, 6.07) is 12.6. The molecule has 0 saturated carbocycles. The van der Waals surface area contributed by atoms with E-state index in [9.17, 15) is 14.0 Å². The van der Waals surface area contributed by atoms with Gasteiger partial charge in [-0.25, -0.2) is 14.4 Å². The van der Waals surface area contributed by atoms with E-state index in [-0.39, 0.29) is 16.5 Å². The number of halogens is 1. The number of aromatic hydroxyl groups is 1. The van der Waals surface area contributed by atoms with Crippen molar-refractivity contribution in [1.29, 1.82) is 0 Å². The lowest BCUT2D eigenvalue weighted by molar-refractivity contribution is 0.139. The molecule has 10 heteroatoms. The standard InChI is InChI=1S/C25H31FN6O2S/c1-16-14-32(17(2)13-30-16)15-19-3-5-21(26)20(11-19)22-8-10-29-25(31-22)28-9-7-18-4-6-23(33)24(12-18)35(27)34/h3-6,8,10-12,16-17,30,33H,7,9,13-15,27H2,1-2H3,(H,28,29,31)/t16-,17-,35?/m0/s1. The van der Waals surface area contributed by atoms with Crippen LogP contribution in [0.2, 0.25) is 0 Å². The third kappa shape index (κ3) is 6.47. The molecule has 35 heavy (non-hydrogen) atoms. The van der Waals surface area contributed by atoms with Crippen LogP contribution in [0.5, 0.6) is 5.75 Å². The summed E-state index contributed by atoms with van der Waals surface area (Å²) in [5.74, 6) is -0.0338. The maximum Gasteiger partial charge on any atom is 0.223 e. The van der Waals surface area contributed by atoms with Gasteiger partial charge in [-0.2, -0.15) is 0 Å². The molecule has 1 unspecified atom stereocenters. The zero-order valence-electron chi connectivity index (χ0n) is 19.9. The van der Waals surface area contributed by atoms with Crippen molar-refractivity contribution >= 4 is 17.3 Å². The Morgan fingerprint density at radius 3 is 2.83 bits per heavy atom. The van der Waals surface area contributed by atoms with Crippen LogP contribution in [0, 0.1) is 5.82 Å². The number of nitrogens with two attached hydrogens (primary N) is 1. The van der Waals surface area contributed by atoms with E-state index >= 15 is 0 Å². The predicted octanol–water partition coefficient (Wildman–Crippen LogP) is 2.81. The van der Waals surface area contributed by atoms with Crippen LogP contribution in [0.3, 0.4) is 0 Å². The zero-order valence-corrected chi connectivity index (χ0v) is 20.7. The second-order valence-corrected chi connectivity index (χ2v) is 9.98. The summed E-state index contributed by atoms with van der Waals surface area (Å²) in [6.45, 7) is 7.49. The lowest BCUT2D eigenvalue weighted by Crippen LogP contribution is -2.53. The van der Waals surface area contributed by atoms with E-state index in [1.165, 1.54) is 12.1 Å². The summed E-state index contributed by atoms with van der Waals surface area (Å²) in [7, 11) is 0. The van der Waals surface area contributed by atoms with Gasteiger partial charge < -0.3 is 20.3 Å². The second-order valence-electron chi connectivity index (χ2n) is 8.94. The summed E-state index contributed by atoms with van der Waals surface area (Å²) in [5, 5.41) is 21.8. The quantitative estimate of drug-likeness (QED) is 0.350. The Bertz CT molecular complexity index is 1160. The first kappa shape index (κ1) is 25.3. The van der Waals surface area contributed by atoms with Crippen molar-refractivity contribution in [1.82, 2.24) is 20.2 Å². The van der Waals surface area contributed by atoms with Crippen molar-refractivity contribution in [2.45, 2.75) is 43.8 Å². The Hall–Kier alpha value is -2.76. The number of rotatable bonds is 8. The van der Waals surface area contributed by atoms with Gasteiger partial charge in [-0.05, 0) is 55.7 Å². The van der Waals surface area contributed by atoms with Gasteiger partial charge in [-0.1, -0.05) is 12.1 Å². The van der Waals surface area contributed by atoms with Gasteiger partial charge in [0.1, 0.15) is 5.82 Å². The fourth-order valence-electron chi connectivity index (χ4n) is 4.21. The number of hydrogen-bond donors (Lipinski definition) is 4. The lowest BCUT2D eigenvalue weighted by atomic mass is 10.0. The maximum absolute atomic E-state index is 14.8. The Morgan fingerprint density at radius 2 is 2.03 bits per heavy atom. The molecule has 2 aromatic carbocycles. The van der Waals surface area contributed by atoms with Gasteiger partial charge in [0.25, 0.3) is 0 Å². The van der Waals surface area contributed by atoms with E-state index in [2.05, 4.69) is 39.3 Å². The van der Waals surface area contributed by atoms with Crippen molar-refractivity contribution in [3.05, 3.63) is 65.6 Å². The van der Waals surface area contributed by atoms with Gasteiger partial charge in [0, 0.05) is 56.1 Å². The van der Waals surface area contributed by atoms with Crippen molar-refractivity contribution in [2.75, 3.05) is 25.0 Å². The molecular weight excluding hydrogens is 467 g/mol. The van der Waals surface area contributed by atoms with E-state index in [4.69, 9.17) is 5.14 Å².